The van der Waals surface area contributed by atoms with Gasteiger partial charge in [0.15, 0.2) is 5.82 Å². The van der Waals surface area contributed by atoms with E-state index in [-0.39, 0.29) is 0 Å². The average Bonchev–Trinajstić information content (AvgIpc) is 2.48. The third-order valence-corrected chi connectivity index (χ3v) is 3.52. The van der Waals surface area contributed by atoms with Gasteiger partial charge in [0.05, 0.1) is 12.3 Å². The Morgan fingerprint density at radius 3 is 2.55 bits per heavy atom. The number of hydrogen-bond donors (Lipinski definition) is 1. The van der Waals surface area contributed by atoms with Gasteiger partial charge >= 0.3 is 0 Å². The van der Waals surface area contributed by atoms with Crippen LogP contribution in [0.15, 0.2) is 35.2 Å². The first-order valence-corrected chi connectivity index (χ1v) is 7.74. The SMILES string of the molecule is CCNc1cc(COC)nc(-c2ccc(SC)cc2)n1. The van der Waals surface area contributed by atoms with E-state index in [1.165, 1.54) is 4.90 Å². The number of nitrogens with one attached hydrogen (secondary N) is 1. The first-order valence-electron chi connectivity index (χ1n) is 6.52. The summed E-state index contributed by atoms with van der Waals surface area (Å²) in [4.78, 5) is 10.3. The van der Waals surface area contributed by atoms with E-state index in [1.807, 2.05) is 25.1 Å². The molecule has 0 radical (unpaired) electrons. The van der Waals surface area contributed by atoms with Crippen molar-refractivity contribution in [3.05, 3.63) is 36.0 Å². The van der Waals surface area contributed by atoms with E-state index < -0.39 is 0 Å². The fourth-order valence-corrected chi connectivity index (χ4v) is 2.27. The van der Waals surface area contributed by atoms with Crippen LogP contribution in [0.4, 0.5) is 5.82 Å². The highest BCUT2D eigenvalue weighted by Crippen LogP contribution is 2.22. The molecule has 4 nitrogen and oxygen atoms in total. The van der Waals surface area contributed by atoms with E-state index in [2.05, 4.69) is 33.7 Å². The molecule has 5 heteroatoms. The van der Waals surface area contributed by atoms with Crippen molar-refractivity contribution in [3.63, 3.8) is 0 Å². The highest BCUT2D eigenvalue weighted by molar-refractivity contribution is 7.98. The Balaban J connectivity index is 2.37. The summed E-state index contributed by atoms with van der Waals surface area (Å²) >= 11 is 1.72. The highest BCUT2D eigenvalue weighted by atomic mass is 32.2. The minimum atomic E-state index is 0.483. The van der Waals surface area contributed by atoms with Crippen molar-refractivity contribution in [2.24, 2.45) is 0 Å². The van der Waals surface area contributed by atoms with E-state index in [9.17, 15) is 0 Å². The van der Waals surface area contributed by atoms with Crippen LogP contribution in [0.3, 0.4) is 0 Å². The van der Waals surface area contributed by atoms with Crippen LogP contribution in [0.2, 0.25) is 0 Å². The first kappa shape index (κ1) is 14.8. The normalized spacial score (nSPS) is 10.6. The van der Waals surface area contributed by atoms with Gasteiger partial charge in [-0.15, -0.1) is 11.8 Å². The van der Waals surface area contributed by atoms with Gasteiger partial charge in [0.25, 0.3) is 0 Å². The number of benzene rings is 1. The van der Waals surface area contributed by atoms with Crippen LogP contribution in [-0.2, 0) is 11.3 Å². The molecule has 1 heterocycles. The molecule has 0 aliphatic heterocycles. The van der Waals surface area contributed by atoms with Gasteiger partial charge in [0, 0.05) is 30.2 Å². The second-order valence-corrected chi connectivity index (χ2v) is 5.14. The van der Waals surface area contributed by atoms with Crippen molar-refractivity contribution in [2.75, 3.05) is 25.2 Å². The molecule has 0 aliphatic carbocycles. The number of rotatable bonds is 6. The zero-order chi connectivity index (χ0) is 14.4. The predicted octanol–water partition coefficient (Wildman–Crippen LogP) is 3.44. The van der Waals surface area contributed by atoms with Crippen LogP contribution in [0.5, 0.6) is 0 Å². The summed E-state index contributed by atoms with van der Waals surface area (Å²) in [6.45, 7) is 3.36. The van der Waals surface area contributed by atoms with Gasteiger partial charge in [-0.1, -0.05) is 12.1 Å². The molecule has 0 amide bonds. The number of methoxy groups -OCH3 is 1. The summed E-state index contributed by atoms with van der Waals surface area (Å²) in [5, 5.41) is 3.23. The monoisotopic (exact) mass is 289 g/mol. The molecule has 1 N–H and O–H groups in total. The smallest absolute Gasteiger partial charge is 0.161 e. The van der Waals surface area contributed by atoms with Crippen molar-refractivity contribution < 1.29 is 4.74 Å². The molecule has 106 valence electrons. The molecular formula is C15H19N3OS. The van der Waals surface area contributed by atoms with Crippen molar-refractivity contribution in [2.45, 2.75) is 18.4 Å². The van der Waals surface area contributed by atoms with Crippen molar-refractivity contribution in [3.8, 4) is 11.4 Å². The molecule has 0 bridgehead atoms. The maximum absolute atomic E-state index is 5.17. The number of anilines is 1. The standard InChI is InChI=1S/C15H19N3OS/c1-4-16-14-9-12(10-19-2)17-15(18-14)11-5-7-13(20-3)8-6-11/h5-9H,4,10H2,1-3H3,(H,16,17,18). The molecule has 2 aromatic rings. The Bertz CT molecular complexity index is 533. The van der Waals surface area contributed by atoms with E-state index in [4.69, 9.17) is 4.74 Å². The summed E-state index contributed by atoms with van der Waals surface area (Å²) in [5.41, 5.74) is 1.89. The van der Waals surface area contributed by atoms with Crippen LogP contribution < -0.4 is 5.32 Å². The van der Waals surface area contributed by atoms with E-state index >= 15 is 0 Å². The molecule has 0 aliphatic rings. The third kappa shape index (κ3) is 3.71. The molecule has 20 heavy (non-hydrogen) atoms. The number of nitrogens with zero attached hydrogens (tertiary/aromatic N) is 2. The number of aromatic nitrogens is 2. The summed E-state index contributed by atoms with van der Waals surface area (Å²) in [6, 6.07) is 10.2. The molecule has 2 rings (SSSR count). The van der Waals surface area contributed by atoms with Gasteiger partial charge < -0.3 is 10.1 Å². The van der Waals surface area contributed by atoms with Crippen LogP contribution in [0, 0.1) is 0 Å². The lowest BCUT2D eigenvalue weighted by atomic mass is 10.2. The molecule has 0 atom stereocenters. The summed E-state index contributed by atoms with van der Waals surface area (Å²) in [6.07, 6.45) is 2.06. The fourth-order valence-electron chi connectivity index (χ4n) is 1.86. The summed E-state index contributed by atoms with van der Waals surface area (Å²) in [7, 11) is 1.67. The molecule has 0 saturated heterocycles. The van der Waals surface area contributed by atoms with Crippen molar-refractivity contribution in [1.82, 2.24) is 9.97 Å². The third-order valence-electron chi connectivity index (χ3n) is 2.78. The Morgan fingerprint density at radius 1 is 1.20 bits per heavy atom. The second-order valence-electron chi connectivity index (χ2n) is 4.26. The molecule has 0 spiro atoms. The lowest BCUT2D eigenvalue weighted by molar-refractivity contribution is 0.181. The fraction of sp³-hybridized carbons (Fsp3) is 0.333. The quantitative estimate of drug-likeness (QED) is 0.825. The van der Waals surface area contributed by atoms with Crippen molar-refractivity contribution >= 4 is 17.6 Å². The molecule has 1 aromatic carbocycles. The largest absolute Gasteiger partial charge is 0.378 e. The van der Waals surface area contributed by atoms with Gasteiger partial charge in [0.2, 0.25) is 0 Å². The zero-order valence-electron chi connectivity index (χ0n) is 12.0. The Morgan fingerprint density at radius 2 is 1.95 bits per heavy atom. The molecule has 0 unspecified atom stereocenters. The Hall–Kier alpha value is -1.59. The number of thioether (sulfide) groups is 1. The molecule has 0 fully saturated rings. The number of hydrogen-bond acceptors (Lipinski definition) is 5. The number of ether oxygens (including phenoxy) is 1. The van der Waals surface area contributed by atoms with E-state index in [0.29, 0.717) is 6.61 Å². The first-order chi connectivity index (χ1) is 9.76. The lowest BCUT2D eigenvalue weighted by Gasteiger charge is -2.09. The molecular weight excluding hydrogens is 270 g/mol. The van der Waals surface area contributed by atoms with Crippen LogP contribution in [-0.4, -0.2) is 29.9 Å². The van der Waals surface area contributed by atoms with E-state index in [1.54, 1.807) is 18.9 Å². The Labute approximate surface area is 124 Å². The van der Waals surface area contributed by atoms with Gasteiger partial charge in [-0.25, -0.2) is 9.97 Å². The minimum Gasteiger partial charge on any atom is -0.378 e. The minimum absolute atomic E-state index is 0.483. The maximum atomic E-state index is 5.17. The van der Waals surface area contributed by atoms with Gasteiger partial charge in [-0.3, -0.25) is 0 Å². The van der Waals surface area contributed by atoms with Crippen LogP contribution in [0.25, 0.3) is 11.4 Å². The van der Waals surface area contributed by atoms with Gasteiger partial charge in [-0.2, -0.15) is 0 Å². The van der Waals surface area contributed by atoms with Crippen LogP contribution in [0.1, 0.15) is 12.6 Å². The maximum Gasteiger partial charge on any atom is 0.161 e. The molecule has 0 saturated carbocycles. The zero-order valence-corrected chi connectivity index (χ0v) is 12.8. The lowest BCUT2D eigenvalue weighted by Crippen LogP contribution is -2.04. The van der Waals surface area contributed by atoms with E-state index in [0.717, 1.165) is 29.4 Å². The average molecular weight is 289 g/mol. The highest BCUT2D eigenvalue weighted by Gasteiger charge is 2.07. The Kier molecular flexibility index (Phi) is 5.38. The van der Waals surface area contributed by atoms with Gasteiger partial charge in [0.1, 0.15) is 5.82 Å². The van der Waals surface area contributed by atoms with Crippen LogP contribution >= 0.6 is 11.8 Å². The molecule has 1 aromatic heterocycles. The van der Waals surface area contributed by atoms with Crippen molar-refractivity contribution in [1.29, 1.82) is 0 Å². The second kappa shape index (κ2) is 7.26. The summed E-state index contributed by atoms with van der Waals surface area (Å²) in [5.74, 6) is 1.56. The summed E-state index contributed by atoms with van der Waals surface area (Å²) < 4.78 is 5.17. The topological polar surface area (TPSA) is 47.0 Å². The van der Waals surface area contributed by atoms with Gasteiger partial charge in [-0.05, 0) is 25.3 Å². The predicted molar refractivity (Wildman–Crippen MR) is 84.1 cm³/mol.